The number of rotatable bonds is 7. The smallest absolute Gasteiger partial charge is 0.0331 e. The molecule has 0 aromatic carbocycles. The maximum Gasteiger partial charge on any atom is 0.0331 e. The molecule has 0 atom stereocenters. The fraction of sp³-hybridized carbons (Fsp3) is 0.714. The van der Waals surface area contributed by atoms with E-state index in [2.05, 4.69) is 62.3 Å². The van der Waals surface area contributed by atoms with E-state index >= 15 is 0 Å². The molecule has 0 aliphatic carbocycles. The normalized spacial score (nSPS) is 12.6. The molecule has 1 N–H and O–H groups in total. The van der Waals surface area contributed by atoms with Crippen molar-refractivity contribution in [1.29, 1.82) is 0 Å². The van der Waals surface area contributed by atoms with Gasteiger partial charge in [0, 0.05) is 29.5 Å². The average Bonchev–Trinajstić information content (AvgIpc) is 2.68. The highest BCUT2D eigenvalue weighted by Gasteiger charge is 2.22. The van der Waals surface area contributed by atoms with Gasteiger partial charge in [0.1, 0.15) is 0 Å². The summed E-state index contributed by atoms with van der Waals surface area (Å²) in [4.78, 5) is 3.99. The third kappa shape index (κ3) is 5.19. The Bertz CT molecular complexity index is 304. The molecule has 0 amide bonds. The summed E-state index contributed by atoms with van der Waals surface area (Å²) in [5.74, 6) is 0. The maximum absolute atomic E-state index is 3.55. The number of nitrogens with zero attached hydrogens (tertiary/aromatic N) is 1. The first-order valence-corrected chi connectivity index (χ1v) is 7.34. The number of nitrogens with one attached hydrogen (secondary N) is 1. The van der Waals surface area contributed by atoms with Crippen LogP contribution in [-0.2, 0) is 6.54 Å². The highest BCUT2D eigenvalue weighted by molar-refractivity contribution is 7.09. The lowest BCUT2D eigenvalue weighted by atomic mass is 10.0. The second-order valence-electron chi connectivity index (χ2n) is 5.49. The van der Waals surface area contributed by atoms with Gasteiger partial charge in [-0.25, -0.2) is 0 Å². The van der Waals surface area contributed by atoms with Crippen LogP contribution in [-0.4, -0.2) is 29.6 Å². The fourth-order valence-corrected chi connectivity index (χ4v) is 2.80. The molecule has 0 aliphatic rings. The molecule has 1 aromatic heterocycles. The zero-order chi connectivity index (χ0) is 12.9. The Balaban J connectivity index is 2.60. The Morgan fingerprint density at radius 2 is 2.12 bits per heavy atom. The molecule has 17 heavy (non-hydrogen) atoms. The van der Waals surface area contributed by atoms with Crippen LogP contribution in [0.5, 0.6) is 0 Å². The second-order valence-corrected chi connectivity index (χ2v) is 6.52. The van der Waals surface area contributed by atoms with Crippen LogP contribution in [0.3, 0.4) is 0 Å². The van der Waals surface area contributed by atoms with Crippen LogP contribution in [0, 0.1) is 0 Å². The third-order valence-electron chi connectivity index (χ3n) is 2.92. The van der Waals surface area contributed by atoms with Crippen LogP contribution in [0.2, 0.25) is 0 Å². The Hall–Kier alpha value is -0.380. The molecule has 1 heterocycles. The van der Waals surface area contributed by atoms with E-state index in [9.17, 15) is 0 Å². The van der Waals surface area contributed by atoms with E-state index in [4.69, 9.17) is 0 Å². The monoisotopic (exact) mass is 254 g/mol. The topological polar surface area (TPSA) is 15.3 Å². The molecule has 1 aromatic rings. The van der Waals surface area contributed by atoms with Crippen molar-refractivity contribution in [1.82, 2.24) is 10.2 Å². The van der Waals surface area contributed by atoms with Crippen LogP contribution < -0.4 is 5.32 Å². The minimum atomic E-state index is 0.177. The Morgan fingerprint density at radius 3 is 2.59 bits per heavy atom. The number of thiophene rings is 1. The summed E-state index contributed by atoms with van der Waals surface area (Å²) < 4.78 is 0. The molecule has 1 rings (SSSR count). The minimum Gasteiger partial charge on any atom is -0.311 e. The molecule has 2 nitrogen and oxygen atoms in total. The highest BCUT2D eigenvalue weighted by atomic mass is 32.1. The summed E-state index contributed by atoms with van der Waals surface area (Å²) in [6.07, 6.45) is 0. The lowest BCUT2D eigenvalue weighted by Crippen LogP contribution is -2.50. The predicted molar refractivity (Wildman–Crippen MR) is 77.6 cm³/mol. The van der Waals surface area contributed by atoms with E-state index in [1.54, 1.807) is 0 Å². The molecule has 0 spiro atoms. The minimum absolute atomic E-state index is 0.177. The molecule has 98 valence electrons. The van der Waals surface area contributed by atoms with Gasteiger partial charge in [0.2, 0.25) is 0 Å². The lowest BCUT2D eigenvalue weighted by molar-refractivity contribution is 0.159. The average molecular weight is 254 g/mol. The summed E-state index contributed by atoms with van der Waals surface area (Å²) in [6.45, 7) is 14.4. The van der Waals surface area contributed by atoms with Crippen LogP contribution in [0.4, 0.5) is 0 Å². The van der Waals surface area contributed by atoms with Gasteiger partial charge in [-0.2, -0.15) is 0 Å². The van der Waals surface area contributed by atoms with E-state index < -0.39 is 0 Å². The van der Waals surface area contributed by atoms with E-state index in [1.807, 2.05) is 11.3 Å². The largest absolute Gasteiger partial charge is 0.311 e. The fourth-order valence-electron chi connectivity index (χ4n) is 2.07. The van der Waals surface area contributed by atoms with Crippen molar-refractivity contribution in [2.24, 2.45) is 0 Å². The van der Waals surface area contributed by atoms with Crippen LogP contribution in [0.1, 0.15) is 39.5 Å². The first-order chi connectivity index (χ1) is 7.94. The van der Waals surface area contributed by atoms with Gasteiger partial charge in [0.05, 0.1) is 0 Å². The van der Waals surface area contributed by atoms with E-state index in [0.717, 1.165) is 19.6 Å². The van der Waals surface area contributed by atoms with Gasteiger partial charge >= 0.3 is 0 Å². The van der Waals surface area contributed by atoms with Crippen molar-refractivity contribution in [2.75, 3.05) is 13.1 Å². The molecule has 0 saturated carbocycles. The molecule has 0 saturated heterocycles. The van der Waals surface area contributed by atoms with Crippen molar-refractivity contribution in [3.63, 3.8) is 0 Å². The highest BCUT2D eigenvalue weighted by Crippen LogP contribution is 2.16. The van der Waals surface area contributed by atoms with Crippen molar-refractivity contribution >= 4 is 11.3 Å². The number of hydrogen-bond donors (Lipinski definition) is 1. The molecule has 0 unspecified atom stereocenters. The van der Waals surface area contributed by atoms with Crippen molar-refractivity contribution in [2.45, 2.75) is 52.7 Å². The zero-order valence-electron chi connectivity index (χ0n) is 11.8. The molecule has 3 heteroatoms. The van der Waals surface area contributed by atoms with Gasteiger partial charge < -0.3 is 5.32 Å². The SMILES string of the molecule is CCNC(C)(C)CN(Cc1cccs1)C(C)C. The van der Waals surface area contributed by atoms with E-state index in [1.165, 1.54) is 4.88 Å². The lowest BCUT2D eigenvalue weighted by Gasteiger charge is -2.35. The third-order valence-corrected chi connectivity index (χ3v) is 3.78. The van der Waals surface area contributed by atoms with Crippen LogP contribution in [0.25, 0.3) is 0 Å². The maximum atomic E-state index is 3.55. The van der Waals surface area contributed by atoms with E-state index in [0.29, 0.717) is 6.04 Å². The molecule has 0 fully saturated rings. The quantitative estimate of drug-likeness (QED) is 0.803. The van der Waals surface area contributed by atoms with Crippen molar-refractivity contribution in [3.8, 4) is 0 Å². The van der Waals surface area contributed by atoms with Gasteiger partial charge in [-0.1, -0.05) is 13.0 Å². The van der Waals surface area contributed by atoms with Gasteiger partial charge in [0.25, 0.3) is 0 Å². The molecular weight excluding hydrogens is 228 g/mol. The standard InChI is InChI=1S/C14H26N2S/c1-6-15-14(4,5)11-16(12(2)3)10-13-8-7-9-17-13/h7-9,12,15H,6,10-11H2,1-5H3. The summed E-state index contributed by atoms with van der Waals surface area (Å²) in [7, 11) is 0. The molecular formula is C14H26N2S. The summed E-state index contributed by atoms with van der Waals surface area (Å²) >= 11 is 1.85. The van der Waals surface area contributed by atoms with Crippen molar-refractivity contribution < 1.29 is 0 Å². The predicted octanol–water partition coefficient (Wildman–Crippen LogP) is 3.35. The van der Waals surface area contributed by atoms with Crippen LogP contribution in [0.15, 0.2) is 17.5 Å². The van der Waals surface area contributed by atoms with Gasteiger partial charge in [-0.15, -0.1) is 11.3 Å². The Labute approximate surface area is 110 Å². The molecule has 0 radical (unpaired) electrons. The van der Waals surface area contributed by atoms with Crippen LogP contribution >= 0.6 is 11.3 Å². The van der Waals surface area contributed by atoms with Gasteiger partial charge in [-0.3, -0.25) is 4.90 Å². The summed E-state index contributed by atoms with van der Waals surface area (Å²) in [5.41, 5.74) is 0.177. The van der Waals surface area contributed by atoms with Gasteiger partial charge in [0.15, 0.2) is 0 Å². The molecule has 0 aliphatic heterocycles. The van der Waals surface area contributed by atoms with E-state index in [-0.39, 0.29) is 5.54 Å². The van der Waals surface area contributed by atoms with Crippen molar-refractivity contribution in [3.05, 3.63) is 22.4 Å². The molecule has 0 bridgehead atoms. The summed E-state index contributed by atoms with van der Waals surface area (Å²) in [6, 6.07) is 4.93. The first kappa shape index (κ1) is 14.7. The Kier molecular flexibility index (Phi) is 5.63. The summed E-state index contributed by atoms with van der Waals surface area (Å²) in [5, 5.41) is 5.70. The second kappa shape index (κ2) is 6.53. The zero-order valence-corrected chi connectivity index (χ0v) is 12.6. The van der Waals surface area contributed by atoms with Gasteiger partial charge in [-0.05, 0) is 45.7 Å². The number of hydrogen-bond acceptors (Lipinski definition) is 3. The Morgan fingerprint density at radius 1 is 1.41 bits per heavy atom. The first-order valence-electron chi connectivity index (χ1n) is 6.46. The number of likely N-dealkylation sites (N-methyl/N-ethyl adjacent to an activating group) is 1.